The largest absolute Gasteiger partial charge is 0.478 e. The molecule has 0 radical (unpaired) electrons. The highest BCUT2D eigenvalue weighted by atomic mass is 19.4. The lowest BCUT2D eigenvalue weighted by Gasteiger charge is -2.23. The van der Waals surface area contributed by atoms with Gasteiger partial charge in [-0.05, 0) is 74.4 Å². The van der Waals surface area contributed by atoms with Crippen molar-refractivity contribution >= 4 is 46.7 Å². The molecule has 0 aliphatic carbocycles. The second kappa shape index (κ2) is 15.4. The third kappa shape index (κ3) is 10.2. The molecule has 0 fully saturated rings. The fourth-order valence-electron chi connectivity index (χ4n) is 4.81. The summed E-state index contributed by atoms with van der Waals surface area (Å²) in [6, 6.07) is 20.5. The van der Waals surface area contributed by atoms with Gasteiger partial charge in [-0.3, -0.25) is 4.79 Å². The molecule has 0 unspecified atom stereocenters. The van der Waals surface area contributed by atoms with E-state index in [0.717, 1.165) is 23.8 Å². The topological polar surface area (TPSA) is 166 Å². The van der Waals surface area contributed by atoms with Crippen LogP contribution in [-0.4, -0.2) is 45.8 Å². The Bertz CT molecular complexity index is 1880. The van der Waals surface area contributed by atoms with Crippen LogP contribution in [0.5, 0.6) is 0 Å². The van der Waals surface area contributed by atoms with E-state index in [0.29, 0.717) is 5.56 Å². The molecule has 14 heteroatoms. The van der Waals surface area contributed by atoms with Gasteiger partial charge in [-0.25, -0.2) is 14.4 Å². The van der Waals surface area contributed by atoms with Crippen molar-refractivity contribution in [3.05, 3.63) is 119 Å². The first-order valence-electron chi connectivity index (χ1n) is 15.2. The first-order chi connectivity index (χ1) is 23.5. The van der Waals surface area contributed by atoms with E-state index in [2.05, 4.69) is 21.3 Å². The van der Waals surface area contributed by atoms with Crippen LogP contribution in [0, 0.1) is 0 Å². The van der Waals surface area contributed by atoms with Crippen molar-refractivity contribution in [2.75, 3.05) is 10.6 Å². The maximum absolute atomic E-state index is 13.7. The van der Waals surface area contributed by atoms with Crippen molar-refractivity contribution in [3.63, 3.8) is 0 Å². The van der Waals surface area contributed by atoms with Crippen LogP contribution in [0.3, 0.4) is 0 Å². The predicted octanol–water partition coefficient (Wildman–Crippen LogP) is 7.34. The molecule has 0 aliphatic heterocycles. The monoisotopic (exact) mass is 692 g/mol. The third-order valence-corrected chi connectivity index (χ3v) is 7.11. The van der Waals surface area contributed by atoms with Gasteiger partial charge in [0.15, 0.2) is 0 Å². The molecule has 4 aromatic carbocycles. The number of amides is 2. The number of para-hydroxylation sites is 1. The standard InChI is InChI=1S/C36H35F3N4O7/c1-35(2,3)50-34(49)43-30(18-21-9-5-4-6-10-21)31(44)40-20-22-13-15-27(25(17-22)33(47)48)42-29-19-23(36(37,38)39)14-16-28(29)41-26-12-8-7-11-24(26)32(45)46/h4-17,19,30,41-42H,18,20H2,1-3H3,(H,40,44)(H,43,49)(H,45,46)(H,47,48)/t30-/m0/s1. The number of ether oxygens (including phenoxy) is 1. The summed E-state index contributed by atoms with van der Waals surface area (Å²) in [4.78, 5) is 49.8. The quantitative estimate of drug-likeness (QED) is 0.0891. The zero-order valence-corrected chi connectivity index (χ0v) is 27.2. The minimum Gasteiger partial charge on any atom is -0.478 e. The lowest BCUT2D eigenvalue weighted by Crippen LogP contribution is -2.49. The molecule has 4 rings (SSSR count). The number of hydrogen-bond donors (Lipinski definition) is 6. The van der Waals surface area contributed by atoms with Crippen LogP contribution in [0.15, 0.2) is 91.0 Å². The second-order valence-corrected chi connectivity index (χ2v) is 12.2. The third-order valence-electron chi connectivity index (χ3n) is 7.11. The summed E-state index contributed by atoms with van der Waals surface area (Å²) < 4.78 is 46.4. The predicted molar refractivity (Wildman–Crippen MR) is 180 cm³/mol. The van der Waals surface area contributed by atoms with Gasteiger partial charge in [-0.15, -0.1) is 0 Å². The molecular formula is C36H35F3N4O7. The summed E-state index contributed by atoms with van der Waals surface area (Å²) >= 11 is 0. The van der Waals surface area contributed by atoms with E-state index in [1.807, 2.05) is 0 Å². The van der Waals surface area contributed by atoms with E-state index in [1.54, 1.807) is 57.2 Å². The fourth-order valence-corrected chi connectivity index (χ4v) is 4.81. The molecule has 0 spiro atoms. The fraction of sp³-hybridized carbons (Fsp3) is 0.222. The average Bonchev–Trinajstić information content (AvgIpc) is 3.03. The number of carbonyl (C=O) groups is 4. The molecule has 0 bridgehead atoms. The second-order valence-electron chi connectivity index (χ2n) is 12.2. The van der Waals surface area contributed by atoms with Crippen LogP contribution < -0.4 is 21.3 Å². The Balaban J connectivity index is 1.59. The normalized spacial score (nSPS) is 12.0. The summed E-state index contributed by atoms with van der Waals surface area (Å²) in [6.07, 6.45) is -5.39. The summed E-state index contributed by atoms with van der Waals surface area (Å²) in [7, 11) is 0. The maximum atomic E-state index is 13.7. The molecule has 4 aromatic rings. The molecule has 0 aliphatic rings. The number of alkyl carbamates (subject to hydrolysis) is 1. The summed E-state index contributed by atoms with van der Waals surface area (Å²) in [6.45, 7) is 4.89. The minimum absolute atomic E-state index is 0.0429. The van der Waals surface area contributed by atoms with E-state index in [-0.39, 0.29) is 46.8 Å². The number of nitrogens with one attached hydrogen (secondary N) is 4. The van der Waals surface area contributed by atoms with Crippen LogP contribution in [0.4, 0.5) is 40.7 Å². The van der Waals surface area contributed by atoms with E-state index in [1.165, 1.54) is 36.4 Å². The zero-order chi connectivity index (χ0) is 36.6. The van der Waals surface area contributed by atoms with Crippen LogP contribution in [0.1, 0.15) is 58.2 Å². The van der Waals surface area contributed by atoms with Crippen molar-refractivity contribution in [2.45, 2.75) is 51.6 Å². The smallest absolute Gasteiger partial charge is 0.416 e. The maximum Gasteiger partial charge on any atom is 0.416 e. The highest BCUT2D eigenvalue weighted by Gasteiger charge is 2.31. The lowest BCUT2D eigenvalue weighted by atomic mass is 10.0. The van der Waals surface area contributed by atoms with Gasteiger partial charge in [0, 0.05) is 13.0 Å². The molecule has 0 saturated heterocycles. The molecule has 262 valence electrons. The number of hydrogen-bond acceptors (Lipinski definition) is 7. The Hall–Kier alpha value is -6.05. The number of carbonyl (C=O) groups excluding carboxylic acids is 2. The molecule has 0 aromatic heterocycles. The Kier molecular flexibility index (Phi) is 11.4. The van der Waals surface area contributed by atoms with Crippen molar-refractivity contribution in [3.8, 4) is 0 Å². The van der Waals surface area contributed by atoms with Crippen molar-refractivity contribution < 1.29 is 47.3 Å². The molecule has 6 N–H and O–H groups in total. The molecule has 0 saturated carbocycles. The van der Waals surface area contributed by atoms with E-state index < -0.39 is 47.3 Å². The Morgan fingerprint density at radius 1 is 0.700 bits per heavy atom. The first-order valence-corrected chi connectivity index (χ1v) is 15.2. The lowest BCUT2D eigenvalue weighted by molar-refractivity contribution is -0.137. The number of carboxylic acids is 2. The summed E-state index contributed by atoms with van der Waals surface area (Å²) in [5.41, 5.74) is -1.30. The van der Waals surface area contributed by atoms with Gasteiger partial charge >= 0.3 is 24.2 Å². The first kappa shape index (κ1) is 36.8. The van der Waals surface area contributed by atoms with E-state index >= 15 is 0 Å². The van der Waals surface area contributed by atoms with Gasteiger partial charge in [0.1, 0.15) is 11.6 Å². The number of carboxylic acid groups (broad SMARTS) is 2. The van der Waals surface area contributed by atoms with Gasteiger partial charge < -0.3 is 36.2 Å². The van der Waals surface area contributed by atoms with Gasteiger partial charge in [0.2, 0.25) is 5.91 Å². The number of aromatic carboxylic acids is 2. The Morgan fingerprint density at radius 3 is 1.94 bits per heavy atom. The van der Waals surface area contributed by atoms with E-state index in [4.69, 9.17) is 4.74 Å². The van der Waals surface area contributed by atoms with Gasteiger partial charge in [-0.2, -0.15) is 13.2 Å². The zero-order valence-electron chi connectivity index (χ0n) is 27.2. The molecule has 2 amide bonds. The Morgan fingerprint density at radius 2 is 1.30 bits per heavy atom. The van der Waals surface area contributed by atoms with E-state index in [9.17, 15) is 42.6 Å². The number of rotatable bonds is 12. The highest BCUT2D eigenvalue weighted by molar-refractivity contribution is 5.98. The molecule has 1 atom stereocenters. The molecular weight excluding hydrogens is 657 g/mol. The summed E-state index contributed by atoms with van der Waals surface area (Å²) in [5, 5.41) is 30.4. The van der Waals surface area contributed by atoms with Crippen molar-refractivity contribution in [1.82, 2.24) is 10.6 Å². The van der Waals surface area contributed by atoms with Crippen LogP contribution in [0.25, 0.3) is 0 Å². The van der Waals surface area contributed by atoms with Crippen LogP contribution in [-0.2, 0) is 28.7 Å². The number of benzene rings is 4. The number of anilines is 4. The number of alkyl halides is 3. The molecule has 50 heavy (non-hydrogen) atoms. The Labute approximate surface area is 285 Å². The van der Waals surface area contributed by atoms with Crippen molar-refractivity contribution in [1.29, 1.82) is 0 Å². The van der Waals surface area contributed by atoms with Crippen molar-refractivity contribution in [2.24, 2.45) is 0 Å². The minimum atomic E-state index is -4.73. The van der Waals surface area contributed by atoms with Gasteiger partial charge in [0.25, 0.3) is 0 Å². The highest BCUT2D eigenvalue weighted by Crippen LogP contribution is 2.37. The average molecular weight is 693 g/mol. The molecule has 0 heterocycles. The SMILES string of the molecule is CC(C)(C)OC(=O)N[C@@H](Cc1ccccc1)C(=O)NCc1ccc(Nc2cc(C(F)(F)F)ccc2Nc2ccccc2C(=O)O)c(C(=O)O)c1. The molecule has 11 nitrogen and oxygen atoms in total. The van der Waals surface area contributed by atoms with Gasteiger partial charge in [0.05, 0.1) is 39.4 Å². The van der Waals surface area contributed by atoms with Gasteiger partial charge in [-0.1, -0.05) is 48.5 Å². The van der Waals surface area contributed by atoms with Crippen LogP contribution in [0.2, 0.25) is 0 Å². The summed E-state index contributed by atoms with van der Waals surface area (Å²) in [5.74, 6) is -3.25. The number of halogens is 3. The van der Waals surface area contributed by atoms with Crippen LogP contribution >= 0.6 is 0 Å².